The van der Waals surface area contributed by atoms with Crippen molar-refractivity contribution in [2.45, 2.75) is 46.1 Å². The van der Waals surface area contributed by atoms with Gasteiger partial charge in [-0.15, -0.1) is 10.2 Å². The van der Waals surface area contributed by atoms with E-state index in [0.717, 1.165) is 17.2 Å². The molecular formula is C17H23N3O. The van der Waals surface area contributed by atoms with Crippen LogP contribution in [0.5, 0.6) is 0 Å². The highest BCUT2D eigenvalue weighted by Gasteiger charge is 2.31. The summed E-state index contributed by atoms with van der Waals surface area (Å²) in [5.74, 6) is 1.33. The molecule has 2 unspecified atom stereocenters. The van der Waals surface area contributed by atoms with Crippen molar-refractivity contribution in [1.82, 2.24) is 10.2 Å². The van der Waals surface area contributed by atoms with Gasteiger partial charge < -0.3 is 9.73 Å². The van der Waals surface area contributed by atoms with Crippen molar-refractivity contribution >= 4 is 5.69 Å². The van der Waals surface area contributed by atoms with Gasteiger partial charge in [0.25, 0.3) is 0 Å². The molecule has 112 valence electrons. The average Bonchev–Trinajstić information content (AvgIpc) is 2.90. The first-order valence-electron chi connectivity index (χ1n) is 7.65. The van der Waals surface area contributed by atoms with Crippen molar-refractivity contribution in [3.05, 3.63) is 30.7 Å². The summed E-state index contributed by atoms with van der Waals surface area (Å²) >= 11 is 0. The molecule has 1 aliphatic rings. The van der Waals surface area contributed by atoms with Crippen molar-refractivity contribution in [3.8, 4) is 11.5 Å². The molecule has 1 aromatic heterocycles. The molecule has 0 spiro atoms. The molecule has 2 atom stereocenters. The van der Waals surface area contributed by atoms with Gasteiger partial charge in [0, 0.05) is 17.3 Å². The summed E-state index contributed by atoms with van der Waals surface area (Å²) in [5.41, 5.74) is 2.50. The van der Waals surface area contributed by atoms with Crippen LogP contribution < -0.4 is 5.32 Å². The van der Waals surface area contributed by atoms with Crippen molar-refractivity contribution in [1.29, 1.82) is 0 Å². The first kappa shape index (κ1) is 14.1. The number of hydrogen-bond donors (Lipinski definition) is 1. The molecule has 1 N–H and O–H groups in total. The summed E-state index contributed by atoms with van der Waals surface area (Å²) in [5, 5.41) is 11.4. The Morgan fingerprint density at radius 3 is 2.86 bits per heavy atom. The quantitative estimate of drug-likeness (QED) is 0.910. The third kappa shape index (κ3) is 3.43. The fourth-order valence-electron chi connectivity index (χ4n) is 3.73. The summed E-state index contributed by atoms with van der Waals surface area (Å²) in [6.07, 6.45) is 5.12. The van der Waals surface area contributed by atoms with Crippen LogP contribution in [0.15, 0.2) is 35.1 Å². The minimum atomic E-state index is 0.416. The van der Waals surface area contributed by atoms with Gasteiger partial charge in [-0.1, -0.05) is 26.8 Å². The Morgan fingerprint density at radius 2 is 2.14 bits per heavy atom. The molecule has 1 heterocycles. The van der Waals surface area contributed by atoms with Crippen molar-refractivity contribution < 1.29 is 4.42 Å². The summed E-state index contributed by atoms with van der Waals surface area (Å²) in [6, 6.07) is 8.74. The van der Waals surface area contributed by atoms with Crippen LogP contribution in [-0.2, 0) is 0 Å². The minimum Gasteiger partial charge on any atom is -0.423 e. The Bertz CT molecular complexity index is 592. The summed E-state index contributed by atoms with van der Waals surface area (Å²) in [4.78, 5) is 0. The monoisotopic (exact) mass is 285 g/mol. The Morgan fingerprint density at radius 1 is 1.29 bits per heavy atom. The third-order valence-corrected chi connectivity index (χ3v) is 4.23. The number of rotatable bonds is 3. The Balaban J connectivity index is 1.74. The van der Waals surface area contributed by atoms with Crippen LogP contribution in [0.4, 0.5) is 5.69 Å². The number of anilines is 1. The SMILES string of the molecule is CC1CC(Nc2cccc(-c3nnco3)c2)CC(C)(C)C1. The minimum absolute atomic E-state index is 0.416. The van der Waals surface area contributed by atoms with Gasteiger partial charge in [0.15, 0.2) is 0 Å². The van der Waals surface area contributed by atoms with E-state index in [1.807, 2.05) is 12.1 Å². The number of aromatic nitrogens is 2. The lowest BCUT2D eigenvalue weighted by Crippen LogP contribution is -2.35. The van der Waals surface area contributed by atoms with E-state index in [1.165, 1.54) is 25.7 Å². The van der Waals surface area contributed by atoms with Crippen LogP contribution in [-0.4, -0.2) is 16.2 Å². The molecular weight excluding hydrogens is 262 g/mol. The molecule has 2 aromatic rings. The molecule has 4 nitrogen and oxygen atoms in total. The zero-order valence-corrected chi connectivity index (χ0v) is 13.0. The highest BCUT2D eigenvalue weighted by molar-refractivity contribution is 5.61. The van der Waals surface area contributed by atoms with Gasteiger partial charge in [-0.3, -0.25) is 0 Å². The second-order valence-corrected chi connectivity index (χ2v) is 7.08. The average molecular weight is 285 g/mol. The van der Waals surface area contributed by atoms with Crippen molar-refractivity contribution in [3.63, 3.8) is 0 Å². The molecule has 1 aliphatic carbocycles. The molecule has 4 heteroatoms. The maximum absolute atomic E-state index is 5.26. The molecule has 3 rings (SSSR count). The van der Waals surface area contributed by atoms with E-state index in [-0.39, 0.29) is 0 Å². The second kappa shape index (κ2) is 5.51. The highest BCUT2D eigenvalue weighted by Crippen LogP contribution is 2.39. The molecule has 0 bridgehead atoms. The third-order valence-electron chi connectivity index (χ3n) is 4.23. The normalized spacial score (nSPS) is 24.7. The standard InChI is InChI=1S/C17H23N3O/c1-12-7-15(10-17(2,3)9-12)19-14-6-4-5-13(8-14)16-20-18-11-21-16/h4-6,8,11-12,15,19H,7,9-10H2,1-3H3. The second-order valence-electron chi connectivity index (χ2n) is 7.08. The van der Waals surface area contributed by atoms with E-state index in [4.69, 9.17) is 4.42 Å². The van der Waals surface area contributed by atoms with Crippen LogP contribution in [0.25, 0.3) is 11.5 Å². The van der Waals surface area contributed by atoms with Crippen molar-refractivity contribution in [2.75, 3.05) is 5.32 Å². The van der Waals surface area contributed by atoms with E-state index in [1.54, 1.807) is 0 Å². The van der Waals surface area contributed by atoms with Crippen LogP contribution in [0.3, 0.4) is 0 Å². The van der Waals surface area contributed by atoms with Gasteiger partial charge in [0.2, 0.25) is 12.3 Å². The van der Waals surface area contributed by atoms with Gasteiger partial charge in [0.1, 0.15) is 0 Å². The number of hydrogen-bond acceptors (Lipinski definition) is 4. The summed E-state index contributed by atoms with van der Waals surface area (Å²) in [6.45, 7) is 7.09. The number of nitrogens with one attached hydrogen (secondary N) is 1. The Kier molecular flexibility index (Phi) is 3.70. The van der Waals surface area contributed by atoms with Gasteiger partial charge >= 0.3 is 0 Å². The molecule has 0 amide bonds. The first-order valence-corrected chi connectivity index (χ1v) is 7.65. The molecule has 0 saturated heterocycles. The van der Waals surface area contributed by atoms with Crippen molar-refractivity contribution in [2.24, 2.45) is 11.3 Å². The molecule has 1 saturated carbocycles. The Hall–Kier alpha value is -1.84. The van der Waals surface area contributed by atoms with Crippen LogP contribution in [0, 0.1) is 11.3 Å². The van der Waals surface area contributed by atoms with E-state index in [0.29, 0.717) is 17.3 Å². The van der Waals surface area contributed by atoms with Crippen LogP contribution >= 0.6 is 0 Å². The predicted molar refractivity (Wildman–Crippen MR) is 83.9 cm³/mol. The van der Waals surface area contributed by atoms with E-state index >= 15 is 0 Å². The number of nitrogens with zero attached hydrogens (tertiary/aromatic N) is 2. The van der Waals surface area contributed by atoms with Crippen LogP contribution in [0.2, 0.25) is 0 Å². The summed E-state index contributed by atoms with van der Waals surface area (Å²) < 4.78 is 5.26. The number of benzene rings is 1. The molecule has 1 aromatic carbocycles. The maximum Gasteiger partial charge on any atom is 0.247 e. The van der Waals surface area contributed by atoms with Gasteiger partial charge in [-0.05, 0) is 48.8 Å². The fraction of sp³-hybridized carbons (Fsp3) is 0.529. The molecule has 0 aliphatic heterocycles. The highest BCUT2D eigenvalue weighted by atomic mass is 16.4. The lowest BCUT2D eigenvalue weighted by molar-refractivity contribution is 0.178. The van der Waals surface area contributed by atoms with Crippen LogP contribution in [0.1, 0.15) is 40.0 Å². The topological polar surface area (TPSA) is 51.0 Å². The molecule has 1 fully saturated rings. The largest absolute Gasteiger partial charge is 0.423 e. The van der Waals surface area contributed by atoms with Gasteiger partial charge in [0.05, 0.1) is 0 Å². The smallest absolute Gasteiger partial charge is 0.247 e. The first-order chi connectivity index (χ1) is 10.0. The van der Waals surface area contributed by atoms with Gasteiger partial charge in [-0.25, -0.2) is 0 Å². The lowest BCUT2D eigenvalue weighted by Gasteiger charge is -2.39. The van der Waals surface area contributed by atoms with E-state index in [2.05, 4.69) is 48.4 Å². The zero-order valence-electron chi connectivity index (χ0n) is 13.0. The molecule has 21 heavy (non-hydrogen) atoms. The maximum atomic E-state index is 5.26. The van der Waals surface area contributed by atoms with E-state index < -0.39 is 0 Å². The predicted octanol–water partition coefficient (Wildman–Crippen LogP) is 4.36. The lowest BCUT2D eigenvalue weighted by atomic mass is 9.70. The van der Waals surface area contributed by atoms with E-state index in [9.17, 15) is 0 Å². The fourth-order valence-corrected chi connectivity index (χ4v) is 3.73. The zero-order chi connectivity index (χ0) is 14.9. The van der Waals surface area contributed by atoms with Gasteiger partial charge in [-0.2, -0.15) is 0 Å². The summed E-state index contributed by atoms with van der Waals surface area (Å²) in [7, 11) is 0. The Labute approximate surface area is 126 Å². The molecule has 0 radical (unpaired) electrons.